The first-order valence-corrected chi connectivity index (χ1v) is 12.5. The van der Waals surface area contributed by atoms with Crippen LogP contribution in [0, 0.1) is 0 Å². The monoisotopic (exact) mass is 490 g/mol. The normalized spacial score (nSPS) is 10.5. The number of hydrogen-bond donors (Lipinski definition) is 1. The number of benzene rings is 2. The summed E-state index contributed by atoms with van der Waals surface area (Å²) in [5.74, 6) is 1.70. The molecule has 0 unspecified atom stereocenters. The van der Waals surface area contributed by atoms with E-state index in [0.717, 1.165) is 18.4 Å². The van der Waals surface area contributed by atoms with Crippen molar-refractivity contribution < 1.29 is 23.8 Å². The topological polar surface area (TPSA) is 86.8 Å². The van der Waals surface area contributed by atoms with Crippen LogP contribution in [0.5, 0.6) is 17.2 Å². The third-order valence-corrected chi connectivity index (χ3v) is 5.35. The van der Waals surface area contributed by atoms with Gasteiger partial charge in [0, 0.05) is 36.1 Å². The number of ketones is 1. The lowest BCUT2D eigenvalue weighted by molar-refractivity contribution is -0.116. The van der Waals surface area contributed by atoms with Gasteiger partial charge >= 0.3 is 0 Å². The molecule has 1 heterocycles. The highest BCUT2D eigenvalue weighted by Crippen LogP contribution is 2.29. The molecule has 0 atom stereocenters. The van der Waals surface area contributed by atoms with E-state index < -0.39 is 0 Å². The van der Waals surface area contributed by atoms with Gasteiger partial charge in [-0.15, -0.1) is 0 Å². The molecule has 0 aliphatic heterocycles. The van der Waals surface area contributed by atoms with Gasteiger partial charge in [0.1, 0.15) is 11.6 Å². The summed E-state index contributed by atoms with van der Waals surface area (Å²) >= 11 is 0. The standard InChI is InChI=1S/C29H34N2O5/c1-4-7-17-36-23-19-24(21-11-9-8-10-12-21)30-28(20-23)31-29(33)16-14-25(32)22-13-15-26(34-5-2)27(18-22)35-6-3/h8-13,15,18-20H,4-7,14,16-17H2,1-3H3,(H,30,31,33). The van der Waals surface area contributed by atoms with E-state index in [1.54, 1.807) is 24.3 Å². The van der Waals surface area contributed by atoms with Gasteiger partial charge in [-0.05, 0) is 38.5 Å². The van der Waals surface area contributed by atoms with Gasteiger partial charge in [-0.25, -0.2) is 4.98 Å². The zero-order valence-electron chi connectivity index (χ0n) is 21.2. The van der Waals surface area contributed by atoms with Crippen molar-refractivity contribution in [1.29, 1.82) is 0 Å². The van der Waals surface area contributed by atoms with E-state index in [1.807, 2.05) is 50.2 Å². The Hall–Kier alpha value is -3.87. The average Bonchev–Trinajstić information content (AvgIpc) is 2.89. The molecule has 1 aromatic heterocycles. The molecule has 1 N–H and O–H groups in total. The summed E-state index contributed by atoms with van der Waals surface area (Å²) in [5, 5.41) is 2.82. The van der Waals surface area contributed by atoms with E-state index >= 15 is 0 Å². The smallest absolute Gasteiger partial charge is 0.225 e. The maximum atomic E-state index is 12.8. The number of nitrogens with one attached hydrogen (secondary N) is 1. The number of carbonyl (C=O) groups is 2. The van der Waals surface area contributed by atoms with Crippen LogP contribution in [0.3, 0.4) is 0 Å². The number of nitrogens with zero attached hydrogens (tertiary/aromatic N) is 1. The van der Waals surface area contributed by atoms with Crippen LogP contribution in [-0.4, -0.2) is 36.5 Å². The van der Waals surface area contributed by atoms with Crippen molar-refractivity contribution in [2.45, 2.75) is 46.5 Å². The Morgan fingerprint density at radius 2 is 1.58 bits per heavy atom. The minimum absolute atomic E-state index is 0.0271. The maximum absolute atomic E-state index is 12.8. The van der Waals surface area contributed by atoms with Gasteiger partial charge in [-0.3, -0.25) is 9.59 Å². The molecule has 0 fully saturated rings. The number of anilines is 1. The molecule has 3 rings (SSSR count). The second-order valence-corrected chi connectivity index (χ2v) is 8.14. The maximum Gasteiger partial charge on any atom is 0.225 e. The van der Waals surface area contributed by atoms with Gasteiger partial charge in [-0.2, -0.15) is 0 Å². The van der Waals surface area contributed by atoms with Gasteiger partial charge in [0.2, 0.25) is 5.91 Å². The fourth-order valence-corrected chi connectivity index (χ4v) is 3.55. The highest BCUT2D eigenvalue weighted by atomic mass is 16.5. The van der Waals surface area contributed by atoms with Crippen LogP contribution >= 0.6 is 0 Å². The quantitative estimate of drug-likeness (QED) is 0.210. The zero-order valence-corrected chi connectivity index (χ0v) is 21.2. The molecule has 7 heteroatoms. The molecule has 0 spiro atoms. The number of carbonyl (C=O) groups excluding carboxylic acids is 2. The van der Waals surface area contributed by atoms with Crippen molar-refractivity contribution in [2.24, 2.45) is 0 Å². The zero-order chi connectivity index (χ0) is 25.8. The minimum atomic E-state index is -0.295. The van der Waals surface area contributed by atoms with Crippen molar-refractivity contribution in [3.05, 3.63) is 66.2 Å². The first-order valence-electron chi connectivity index (χ1n) is 12.5. The van der Waals surface area contributed by atoms with Crippen LogP contribution in [0.4, 0.5) is 5.82 Å². The third kappa shape index (κ3) is 7.83. The fourth-order valence-electron chi connectivity index (χ4n) is 3.55. The van der Waals surface area contributed by atoms with Crippen molar-refractivity contribution in [3.63, 3.8) is 0 Å². The summed E-state index contributed by atoms with van der Waals surface area (Å²) in [5.41, 5.74) is 2.10. The second-order valence-electron chi connectivity index (χ2n) is 8.14. The number of ether oxygens (including phenoxy) is 3. The number of hydrogen-bond acceptors (Lipinski definition) is 6. The van der Waals surface area contributed by atoms with Gasteiger partial charge in [0.15, 0.2) is 17.3 Å². The van der Waals surface area contributed by atoms with Crippen LogP contribution in [0.2, 0.25) is 0 Å². The van der Waals surface area contributed by atoms with Gasteiger partial charge in [-0.1, -0.05) is 43.7 Å². The SMILES string of the molecule is CCCCOc1cc(NC(=O)CCC(=O)c2ccc(OCC)c(OCC)c2)nc(-c2ccccc2)c1. The van der Waals surface area contributed by atoms with E-state index in [9.17, 15) is 9.59 Å². The van der Waals surface area contributed by atoms with Crippen LogP contribution in [0.25, 0.3) is 11.3 Å². The molecule has 36 heavy (non-hydrogen) atoms. The highest BCUT2D eigenvalue weighted by molar-refractivity contribution is 6.00. The Kier molecular flexibility index (Phi) is 10.3. The lowest BCUT2D eigenvalue weighted by atomic mass is 10.1. The van der Waals surface area contributed by atoms with Gasteiger partial charge in [0.05, 0.1) is 25.5 Å². The van der Waals surface area contributed by atoms with E-state index in [4.69, 9.17) is 14.2 Å². The lowest BCUT2D eigenvalue weighted by Gasteiger charge is -2.12. The molecule has 0 aliphatic rings. The first kappa shape index (κ1) is 26.7. The molecule has 0 saturated carbocycles. The number of pyridine rings is 1. The molecule has 190 valence electrons. The Labute approximate surface area is 212 Å². The molecular formula is C29H34N2O5. The van der Waals surface area contributed by atoms with E-state index in [2.05, 4.69) is 17.2 Å². The first-order chi connectivity index (χ1) is 17.5. The predicted octanol–water partition coefficient (Wildman–Crippen LogP) is 6.33. The molecule has 2 aromatic carbocycles. The number of unbranched alkanes of at least 4 members (excludes halogenated alkanes) is 1. The Bertz CT molecular complexity index is 1150. The molecule has 0 aliphatic carbocycles. The summed E-state index contributed by atoms with van der Waals surface area (Å²) in [6.45, 7) is 7.40. The highest BCUT2D eigenvalue weighted by Gasteiger charge is 2.15. The summed E-state index contributed by atoms with van der Waals surface area (Å²) in [7, 11) is 0. The van der Waals surface area contributed by atoms with Gasteiger partial charge in [0.25, 0.3) is 0 Å². The summed E-state index contributed by atoms with van der Waals surface area (Å²) in [4.78, 5) is 30.0. The molecular weight excluding hydrogens is 456 g/mol. The number of aromatic nitrogens is 1. The summed E-state index contributed by atoms with van der Waals surface area (Å²) in [6, 6.07) is 18.4. The number of amides is 1. The molecule has 0 bridgehead atoms. The molecule has 0 radical (unpaired) electrons. The fraction of sp³-hybridized carbons (Fsp3) is 0.345. The number of Topliss-reactive ketones (excluding diaryl/α,β-unsaturated/α-hetero) is 1. The summed E-state index contributed by atoms with van der Waals surface area (Å²) in [6.07, 6.45) is 2.04. The molecule has 0 saturated heterocycles. The Morgan fingerprint density at radius 1 is 0.833 bits per heavy atom. The van der Waals surface area contributed by atoms with E-state index in [0.29, 0.717) is 54.1 Å². The Balaban J connectivity index is 1.67. The minimum Gasteiger partial charge on any atom is -0.493 e. The predicted molar refractivity (Wildman–Crippen MR) is 141 cm³/mol. The molecule has 3 aromatic rings. The van der Waals surface area contributed by atoms with Crippen LogP contribution in [0.15, 0.2) is 60.7 Å². The van der Waals surface area contributed by atoms with Crippen molar-refractivity contribution >= 4 is 17.5 Å². The molecule has 1 amide bonds. The van der Waals surface area contributed by atoms with E-state index in [1.165, 1.54) is 0 Å². The molecule has 7 nitrogen and oxygen atoms in total. The van der Waals surface area contributed by atoms with E-state index in [-0.39, 0.29) is 24.5 Å². The van der Waals surface area contributed by atoms with Crippen molar-refractivity contribution in [1.82, 2.24) is 4.98 Å². The number of rotatable bonds is 14. The Morgan fingerprint density at radius 3 is 2.31 bits per heavy atom. The van der Waals surface area contributed by atoms with Crippen molar-refractivity contribution in [2.75, 3.05) is 25.1 Å². The summed E-state index contributed by atoms with van der Waals surface area (Å²) < 4.78 is 17.0. The largest absolute Gasteiger partial charge is 0.493 e. The van der Waals surface area contributed by atoms with Crippen LogP contribution in [-0.2, 0) is 4.79 Å². The second kappa shape index (κ2) is 13.9. The average molecular weight is 491 g/mol. The van der Waals surface area contributed by atoms with Crippen LogP contribution < -0.4 is 19.5 Å². The lowest BCUT2D eigenvalue weighted by Crippen LogP contribution is -2.15. The van der Waals surface area contributed by atoms with Gasteiger partial charge < -0.3 is 19.5 Å². The third-order valence-electron chi connectivity index (χ3n) is 5.35. The van der Waals surface area contributed by atoms with Crippen LogP contribution in [0.1, 0.15) is 56.8 Å². The van der Waals surface area contributed by atoms with Crippen molar-refractivity contribution in [3.8, 4) is 28.5 Å².